The standard InChI is InChI=1S/C17H22N2O2/c1-11-7-17(19-9-12(2)21-13(3)10-19)18-16-8-14(20-4)5-6-15(11)16/h5-8,12-13H,9-10H2,1-4H3/t12-,13-/m0/s1. The first-order valence-electron chi connectivity index (χ1n) is 7.42. The van der Waals surface area contributed by atoms with Crippen molar-refractivity contribution < 1.29 is 9.47 Å². The first-order chi connectivity index (χ1) is 10.1. The Labute approximate surface area is 125 Å². The first-order valence-corrected chi connectivity index (χ1v) is 7.42. The number of hydrogen-bond donors (Lipinski definition) is 0. The number of fused-ring (bicyclic) bond motifs is 1. The van der Waals surface area contributed by atoms with Crippen molar-refractivity contribution >= 4 is 16.7 Å². The van der Waals surface area contributed by atoms with Gasteiger partial charge in [-0.15, -0.1) is 0 Å². The summed E-state index contributed by atoms with van der Waals surface area (Å²) in [5, 5.41) is 1.17. The van der Waals surface area contributed by atoms with Gasteiger partial charge in [0.15, 0.2) is 0 Å². The van der Waals surface area contributed by atoms with Gasteiger partial charge in [0.25, 0.3) is 0 Å². The van der Waals surface area contributed by atoms with Crippen LogP contribution in [-0.2, 0) is 4.74 Å². The van der Waals surface area contributed by atoms with E-state index in [-0.39, 0.29) is 12.2 Å². The molecule has 1 aliphatic heterocycles. The van der Waals surface area contributed by atoms with Crippen LogP contribution in [0.2, 0.25) is 0 Å². The summed E-state index contributed by atoms with van der Waals surface area (Å²) in [6, 6.07) is 8.22. The zero-order chi connectivity index (χ0) is 15.0. The van der Waals surface area contributed by atoms with Gasteiger partial charge >= 0.3 is 0 Å². The van der Waals surface area contributed by atoms with E-state index in [1.165, 1.54) is 10.9 Å². The third kappa shape index (κ3) is 2.81. The van der Waals surface area contributed by atoms with Crippen molar-refractivity contribution in [1.82, 2.24) is 4.98 Å². The monoisotopic (exact) mass is 286 g/mol. The minimum absolute atomic E-state index is 0.233. The second kappa shape index (κ2) is 5.53. The summed E-state index contributed by atoms with van der Waals surface area (Å²) in [5.41, 5.74) is 2.22. The molecule has 112 valence electrons. The van der Waals surface area contributed by atoms with Gasteiger partial charge in [-0.3, -0.25) is 0 Å². The Morgan fingerprint density at radius 2 is 1.90 bits per heavy atom. The second-order valence-electron chi connectivity index (χ2n) is 5.84. The highest BCUT2D eigenvalue weighted by molar-refractivity contribution is 5.85. The van der Waals surface area contributed by atoms with E-state index in [9.17, 15) is 0 Å². The summed E-state index contributed by atoms with van der Waals surface area (Å²) in [5.74, 6) is 1.87. The molecule has 0 saturated carbocycles. The summed E-state index contributed by atoms with van der Waals surface area (Å²) in [7, 11) is 1.68. The fourth-order valence-corrected chi connectivity index (χ4v) is 3.02. The third-order valence-corrected chi connectivity index (χ3v) is 3.95. The number of benzene rings is 1. The average molecular weight is 286 g/mol. The van der Waals surface area contributed by atoms with Crippen LogP contribution in [0.5, 0.6) is 5.75 Å². The molecule has 0 aliphatic carbocycles. The SMILES string of the molecule is COc1ccc2c(C)cc(N3C[C@H](C)O[C@@H](C)C3)nc2c1. The highest BCUT2D eigenvalue weighted by Gasteiger charge is 2.23. The molecule has 1 aromatic heterocycles. The predicted octanol–water partition coefficient (Wildman–Crippen LogP) is 3.17. The van der Waals surface area contributed by atoms with E-state index in [2.05, 4.69) is 37.8 Å². The number of morpholine rings is 1. The molecule has 0 unspecified atom stereocenters. The summed E-state index contributed by atoms with van der Waals surface area (Å²) >= 11 is 0. The molecule has 21 heavy (non-hydrogen) atoms. The molecule has 4 heteroatoms. The van der Waals surface area contributed by atoms with Crippen LogP contribution in [-0.4, -0.2) is 37.4 Å². The van der Waals surface area contributed by atoms with Gasteiger partial charge in [-0.05, 0) is 44.5 Å². The Kier molecular flexibility index (Phi) is 3.72. The molecular weight excluding hydrogens is 264 g/mol. The number of nitrogens with zero attached hydrogens (tertiary/aromatic N) is 2. The molecule has 0 amide bonds. The molecule has 2 atom stereocenters. The summed E-state index contributed by atoms with van der Waals surface area (Å²) in [4.78, 5) is 7.14. The fraction of sp³-hybridized carbons (Fsp3) is 0.471. The lowest BCUT2D eigenvalue weighted by molar-refractivity contribution is -0.00544. The van der Waals surface area contributed by atoms with Gasteiger partial charge in [0.2, 0.25) is 0 Å². The van der Waals surface area contributed by atoms with Crippen molar-refractivity contribution in [3.63, 3.8) is 0 Å². The highest BCUT2D eigenvalue weighted by atomic mass is 16.5. The Balaban J connectivity index is 2.02. The molecular formula is C17H22N2O2. The number of anilines is 1. The minimum Gasteiger partial charge on any atom is -0.497 e. The van der Waals surface area contributed by atoms with E-state index in [0.29, 0.717) is 0 Å². The number of ether oxygens (including phenoxy) is 2. The fourth-order valence-electron chi connectivity index (χ4n) is 3.02. The van der Waals surface area contributed by atoms with Crippen LogP contribution >= 0.6 is 0 Å². The average Bonchev–Trinajstić information content (AvgIpc) is 2.45. The molecule has 3 rings (SSSR count). The van der Waals surface area contributed by atoms with Crippen LogP contribution in [0.15, 0.2) is 24.3 Å². The van der Waals surface area contributed by atoms with Crippen LogP contribution in [0.4, 0.5) is 5.82 Å². The maximum Gasteiger partial charge on any atom is 0.129 e. The molecule has 4 nitrogen and oxygen atoms in total. The maximum atomic E-state index is 5.80. The van der Waals surface area contributed by atoms with Crippen molar-refractivity contribution in [2.24, 2.45) is 0 Å². The lowest BCUT2D eigenvalue weighted by Gasteiger charge is -2.36. The van der Waals surface area contributed by atoms with Gasteiger partial charge in [0.1, 0.15) is 11.6 Å². The second-order valence-corrected chi connectivity index (χ2v) is 5.84. The summed E-state index contributed by atoms with van der Waals surface area (Å²) in [6.07, 6.45) is 0.466. The molecule has 0 N–H and O–H groups in total. The Bertz CT molecular complexity index is 647. The van der Waals surface area contributed by atoms with Crippen molar-refractivity contribution in [3.8, 4) is 5.75 Å². The van der Waals surface area contributed by atoms with Gasteiger partial charge in [0.05, 0.1) is 24.8 Å². The summed E-state index contributed by atoms with van der Waals surface area (Å²) < 4.78 is 11.1. The zero-order valence-corrected chi connectivity index (χ0v) is 13.1. The lowest BCUT2D eigenvalue weighted by Crippen LogP contribution is -2.45. The third-order valence-electron chi connectivity index (χ3n) is 3.95. The number of pyridine rings is 1. The smallest absolute Gasteiger partial charge is 0.129 e. The largest absolute Gasteiger partial charge is 0.497 e. The number of methoxy groups -OCH3 is 1. The van der Waals surface area contributed by atoms with E-state index in [0.717, 1.165) is 30.2 Å². The number of rotatable bonds is 2. The Hall–Kier alpha value is -1.81. The molecule has 1 saturated heterocycles. The number of hydrogen-bond acceptors (Lipinski definition) is 4. The normalized spacial score (nSPS) is 22.6. The van der Waals surface area contributed by atoms with E-state index in [4.69, 9.17) is 14.5 Å². The van der Waals surface area contributed by atoms with Gasteiger partial charge in [0, 0.05) is 24.5 Å². The molecule has 0 radical (unpaired) electrons. The van der Waals surface area contributed by atoms with Gasteiger partial charge in [-0.2, -0.15) is 0 Å². The van der Waals surface area contributed by atoms with Crippen molar-refractivity contribution in [2.75, 3.05) is 25.1 Å². The van der Waals surface area contributed by atoms with Crippen LogP contribution in [0, 0.1) is 6.92 Å². The molecule has 0 spiro atoms. The van der Waals surface area contributed by atoms with Crippen LogP contribution in [0.3, 0.4) is 0 Å². The Morgan fingerprint density at radius 3 is 2.57 bits per heavy atom. The van der Waals surface area contributed by atoms with E-state index in [1.807, 2.05) is 12.1 Å². The number of aromatic nitrogens is 1. The summed E-state index contributed by atoms with van der Waals surface area (Å²) in [6.45, 7) is 8.12. The number of aryl methyl sites for hydroxylation is 1. The van der Waals surface area contributed by atoms with E-state index < -0.39 is 0 Å². The minimum atomic E-state index is 0.233. The highest BCUT2D eigenvalue weighted by Crippen LogP contribution is 2.27. The molecule has 2 heterocycles. The van der Waals surface area contributed by atoms with Gasteiger partial charge in [-0.25, -0.2) is 4.98 Å². The van der Waals surface area contributed by atoms with Crippen LogP contribution in [0.1, 0.15) is 19.4 Å². The van der Waals surface area contributed by atoms with E-state index >= 15 is 0 Å². The van der Waals surface area contributed by atoms with Crippen LogP contribution in [0.25, 0.3) is 10.9 Å². The van der Waals surface area contributed by atoms with E-state index in [1.54, 1.807) is 7.11 Å². The van der Waals surface area contributed by atoms with Gasteiger partial charge in [-0.1, -0.05) is 0 Å². The maximum absolute atomic E-state index is 5.80. The molecule has 0 bridgehead atoms. The topological polar surface area (TPSA) is 34.6 Å². The van der Waals surface area contributed by atoms with Crippen molar-refractivity contribution in [3.05, 3.63) is 29.8 Å². The Morgan fingerprint density at radius 1 is 1.19 bits per heavy atom. The van der Waals surface area contributed by atoms with Gasteiger partial charge < -0.3 is 14.4 Å². The molecule has 2 aromatic rings. The molecule has 1 aromatic carbocycles. The molecule has 1 aliphatic rings. The lowest BCUT2D eigenvalue weighted by atomic mass is 10.1. The van der Waals surface area contributed by atoms with Crippen molar-refractivity contribution in [2.45, 2.75) is 33.0 Å². The van der Waals surface area contributed by atoms with Crippen LogP contribution < -0.4 is 9.64 Å². The van der Waals surface area contributed by atoms with Crippen molar-refractivity contribution in [1.29, 1.82) is 0 Å². The molecule has 1 fully saturated rings. The zero-order valence-electron chi connectivity index (χ0n) is 13.1. The quantitative estimate of drug-likeness (QED) is 0.849. The predicted molar refractivity (Wildman–Crippen MR) is 85.3 cm³/mol. The first kappa shape index (κ1) is 14.1.